The number of rotatable bonds is 4. The van der Waals surface area contributed by atoms with Gasteiger partial charge in [-0.05, 0) is 60.2 Å². The van der Waals surface area contributed by atoms with Gasteiger partial charge in [-0.25, -0.2) is 0 Å². The maximum absolute atomic E-state index is 11.3. The first-order chi connectivity index (χ1) is 17.9. The monoisotopic (exact) mass is 504 g/mol. The second-order valence-corrected chi connectivity index (χ2v) is 10.4. The number of ether oxygens (including phenoxy) is 4. The van der Waals surface area contributed by atoms with Gasteiger partial charge in [0.25, 0.3) is 0 Å². The molecule has 1 aliphatic heterocycles. The average molecular weight is 505 g/mol. The number of phenols is 2. The van der Waals surface area contributed by atoms with E-state index in [9.17, 15) is 15.3 Å². The van der Waals surface area contributed by atoms with Gasteiger partial charge in [0.15, 0.2) is 17.6 Å². The van der Waals surface area contributed by atoms with Crippen molar-refractivity contribution in [2.75, 3.05) is 21.3 Å². The molecule has 2 unspecified atom stereocenters. The van der Waals surface area contributed by atoms with Crippen molar-refractivity contribution >= 4 is 0 Å². The minimum Gasteiger partial charge on any atom is -0.508 e. The van der Waals surface area contributed by atoms with Crippen LogP contribution in [0.15, 0.2) is 36.4 Å². The van der Waals surface area contributed by atoms with E-state index in [-0.39, 0.29) is 28.4 Å². The predicted molar refractivity (Wildman–Crippen MR) is 138 cm³/mol. The highest BCUT2D eigenvalue weighted by molar-refractivity contribution is 5.83. The zero-order valence-corrected chi connectivity index (χ0v) is 21.3. The van der Waals surface area contributed by atoms with E-state index >= 15 is 0 Å². The molecule has 1 saturated carbocycles. The molecule has 0 aromatic heterocycles. The summed E-state index contributed by atoms with van der Waals surface area (Å²) < 4.78 is 23.0. The molecule has 3 N–H and O–H groups in total. The largest absolute Gasteiger partial charge is 0.508 e. The molecule has 1 heterocycles. The molecule has 0 radical (unpaired) electrons. The summed E-state index contributed by atoms with van der Waals surface area (Å²) >= 11 is 0. The summed E-state index contributed by atoms with van der Waals surface area (Å²) in [6.07, 6.45) is 4.19. The summed E-state index contributed by atoms with van der Waals surface area (Å²) in [6, 6.07) is 10.9. The van der Waals surface area contributed by atoms with Gasteiger partial charge in [0.2, 0.25) is 5.75 Å². The molecule has 3 aromatic carbocycles. The van der Waals surface area contributed by atoms with E-state index in [0.29, 0.717) is 23.5 Å². The van der Waals surface area contributed by atoms with Gasteiger partial charge in [0.05, 0.1) is 27.4 Å². The van der Waals surface area contributed by atoms with Gasteiger partial charge in [-0.3, -0.25) is 0 Å². The van der Waals surface area contributed by atoms with Crippen molar-refractivity contribution in [1.82, 2.24) is 0 Å². The lowest BCUT2D eigenvalue weighted by Gasteiger charge is -2.41. The molecule has 6 rings (SSSR count). The summed E-state index contributed by atoms with van der Waals surface area (Å²) in [6.45, 7) is 0. The topological polar surface area (TPSA) is 97.6 Å². The van der Waals surface area contributed by atoms with Crippen LogP contribution in [-0.4, -0.2) is 42.8 Å². The molecule has 2 aliphatic carbocycles. The average Bonchev–Trinajstić information content (AvgIpc) is 3.37. The second-order valence-electron chi connectivity index (χ2n) is 10.4. The van der Waals surface area contributed by atoms with Crippen molar-refractivity contribution in [3.63, 3.8) is 0 Å². The molecular formula is C30H32O7. The summed E-state index contributed by atoms with van der Waals surface area (Å²) in [5.41, 5.74) is 6.07. The van der Waals surface area contributed by atoms with Crippen LogP contribution in [0.5, 0.6) is 34.5 Å². The Morgan fingerprint density at radius 3 is 2.19 bits per heavy atom. The van der Waals surface area contributed by atoms with Gasteiger partial charge < -0.3 is 34.3 Å². The molecule has 37 heavy (non-hydrogen) atoms. The first kappa shape index (κ1) is 23.8. The van der Waals surface area contributed by atoms with Crippen molar-refractivity contribution in [3.8, 4) is 45.6 Å². The Hall–Kier alpha value is -3.58. The Bertz CT molecular complexity index is 1350. The van der Waals surface area contributed by atoms with Crippen LogP contribution in [0.25, 0.3) is 11.1 Å². The number of hydrogen-bond acceptors (Lipinski definition) is 7. The number of hydrogen-bond donors (Lipinski definition) is 3. The highest BCUT2D eigenvalue weighted by Gasteiger charge is 2.45. The van der Waals surface area contributed by atoms with Crippen molar-refractivity contribution in [2.24, 2.45) is 0 Å². The molecule has 2 atom stereocenters. The standard InChI is InChI=1S/C30H32O7/c1-34-24-14-23-19(13-22(32)29(37-23)16-10-25(35-2)28(33)26(11-16)36-3)20-15-30(8-4-5-9-30)21-12-17(31)6-7-18(21)27(20)24/h6-7,10-12,14,22,29,31-33H,4-5,8-9,13,15H2,1-3H3. The van der Waals surface area contributed by atoms with E-state index in [1.54, 1.807) is 25.3 Å². The normalized spacial score (nSPS) is 21.0. The number of aliphatic hydroxyl groups is 1. The Balaban J connectivity index is 1.50. The van der Waals surface area contributed by atoms with Gasteiger partial charge in [-0.15, -0.1) is 0 Å². The molecular weight excluding hydrogens is 472 g/mol. The van der Waals surface area contributed by atoms with Gasteiger partial charge >= 0.3 is 0 Å². The first-order valence-corrected chi connectivity index (χ1v) is 12.8. The number of benzene rings is 3. The lowest BCUT2D eigenvalue weighted by Crippen LogP contribution is -2.34. The van der Waals surface area contributed by atoms with Crippen molar-refractivity contribution in [2.45, 2.75) is 56.1 Å². The lowest BCUT2D eigenvalue weighted by atomic mass is 9.65. The number of aliphatic hydroxyl groups excluding tert-OH is 1. The highest BCUT2D eigenvalue weighted by atomic mass is 16.5. The second kappa shape index (κ2) is 8.77. The van der Waals surface area contributed by atoms with E-state index in [4.69, 9.17) is 18.9 Å². The summed E-state index contributed by atoms with van der Waals surface area (Å²) in [4.78, 5) is 0. The number of fused-ring (bicyclic) bond motifs is 6. The molecule has 3 aliphatic rings. The number of aromatic hydroxyl groups is 2. The fraction of sp³-hybridized carbons (Fsp3) is 0.400. The summed E-state index contributed by atoms with van der Waals surface area (Å²) in [5, 5.41) is 32.0. The van der Waals surface area contributed by atoms with E-state index in [0.717, 1.165) is 54.4 Å². The molecule has 0 saturated heterocycles. The van der Waals surface area contributed by atoms with Gasteiger partial charge in [-0.2, -0.15) is 0 Å². The van der Waals surface area contributed by atoms with Crippen LogP contribution < -0.4 is 18.9 Å². The predicted octanol–water partition coefficient (Wildman–Crippen LogP) is 5.20. The molecule has 194 valence electrons. The van der Waals surface area contributed by atoms with Crippen LogP contribution in [0, 0.1) is 0 Å². The lowest BCUT2D eigenvalue weighted by molar-refractivity contribution is 0.0200. The van der Waals surface area contributed by atoms with Gasteiger partial charge in [-0.1, -0.05) is 18.9 Å². The quantitative estimate of drug-likeness (QED) is 0.450. The SMILES string of the molecule is COc1cc(C2Oc3cc(OC)c4c(c3CC2O)CC2(CCCC2)c2cc(O)ccc2-4)cc(OC)c1O. The van der Waals surface area contributed by atoms with Crippen LogP contribution in [-0.2, 0) is 18.3 Å². The Kier molecular flexibility index (Phi) is 5.64. The van der Waals surface area contributed by atoms with Crippen LogP contribution in [0.4, 0.5) is 0 Å². The third kappa shape index (κ3) is 3.59. The third-order valence-electron chi connectivity index (χ3n) is 8.46. The number of phenolic OH excluding ortho intramolecular Hbond substituents is 2. The van der Waals surface area contributed by atoms with Crippen LogP contribution in [0.3, 0.4) is 0 Å². The molecule has 3 aromatic rings. The van der Waals surface area contributed by atoms with Crippen LogP contribution >= 0.6 is 0 Å². The van der Waals surface area contributed by atoms with Crippen molar-refractivity contribution in [1.29, 1.82) is 0 Å². The highest BCUT2D eigenvalue weighted by Crippen LogP contribution is 2.57. The van der Waals surface area contributed by atoms with E-state index < -0.39 is 12.2 Å². The minimum atomic E-state index is -0.815. The molecule has 7 heteroatoms. The Morgan fingerprint density at radius 2 is 1.54 bits per heavy atom. The van der Waals surface area contributed by atoms with Gasteiger partial charge in [0.1, 0.15) is 17.2 Å². The number of methoxy groups -OCH3 is 3. The minimum absolute atomic E-state index is 0.0410. The fourth-order valence-corrected chi connectivity index (χ4v) is 6.73. The van der Waals surface area contributed by atoms with E-state index in [2.05, 4.69) is 0 Å². The van der Waals surface area contributed by atoms with Gasteiger partial charge in [0, 0.05) is 34.6 Å². The van der Waals surface area contributed by atoms with E-state index in [1.165, 1.54) is 19.8 Å². The van der Waals surface area contributed by atoms with Crippen LogP contribution in [0.1, 0.15) is 54.0 Å². The van der Waals surface area contributed by atoms with Crippen molar-refractivity contribution < 1.29 is 34.3 Å². The molecule has 7 nitrogen and oxygen atoms in total. The molecule has 0 amide bonds. The molecule has 1 fully saturated rings. The Labute approximate surface area is 216 Å². The fourth-order valence-electron chi connectivity index (χ4n) is 6.73. The molecule has 1 spiro atoms. The third-order valence-corrected chi connectivity index (χ3v) is 8.46. The smallest absolute Gasteiger partial charge is 0.200 e. The van der Waals surface area contributed by atoms with E-state index in [1.807, 2.05) is 18.2 Å². The zero-order valence-electron chi connectivity index (χ0n) is 21.3. The Morgan fingerprint density at radius 1 is 0.865 bits per heavy atom. The van der Waals surface area contributed by atoms with Crippen LogP contribution in [0.2, 0.25) is 0 Å². The summed E-state index contributed by atoms with van der Waals surface area (Å²) in [7, 11) is 4.60. The maximum atomic E-state index is 11.3. The molecule has 0 bridgehead atoms. The maximum Gasteiger partial charge on any atom is 0.200 e. The first-order valence-electron chi connectivity index (χ1n) is 12.8. The summed E-state index contributed by atoms with van der Waals surface area (Å²) in [5.74, 6) is 2.09. The van der Waals surface area contributed by atoms with Crippen molar-refractivity contribution in [3.05, 3.63) is 58.7 Å². The zero-order chi connectivity index (χ0) is 25.9.